The molecule has 1 atom stereocenters. The van der Waals surface area contributed by atoms with Gasteiger partial charge in [-0.1, -0.05) is 0 Å². The van der Waals surface area contributed by atoms with E-state index in [1.165, 1.54) is 25.1 Å². The van der Waals surface area contributed by atoms with Gasteiger partial charge in [0.1, 0.15) is 6.04 Å². The first-order chi connectivity index (χ1) is 8.90. The van der Waals surface area contributed by atoms with Crippen molar-refractivity contribution in [3.8, 4) is 0 Å². The van der Waals surface area contributed by atoms with Crippen LogP contribution in [0.4, 0.5) is 0 Å². The number of ether oxygens (including phenoxy) is 1. The van der Waals surface area contributed by atoms with E-state index in [9.17, 15) is 19.2 Å². The van der Waals surface area contributed by atoms with Gasteiger partial charge in [0.2, 0.25) is 0 Å². The number of carbonyl (C=O) groups excluding carboxylic acids is 3. The largest absolute Gasteiger partial charge is 0.480 e. The number of cyclic esters (lactones) is 2. The van der Waals surface area contributed by atoms with E-state index in [1.807, 2.05) is 0 Å². The quantitative estimate of drug-likeness (QED) is 0.595. The molecule has 1 aliphatic heterocycles. The summed E-state index contributed by atoms with van der Waals surface area (Å²) < 4.78 is 4.38. The zero-order valence-corrected chi connectivity index (χ0v) is 9.80. The van der Waals surface area contributed by atoms with Gasteiger partial charge in [-0.15, -0.1) is 0 Å². The third-order valence-electron chi connectivity index (χ3n) is 2.63. The molecule has 0 saturated carbocycles. The minimum atomic E-state index is -1.18. The van der Waals surface area contributed by atoms with Crippen molar-refractivity contribution in [2.45, 2.75) is 13.0 Å². The van der Waals surface area contributed by atoms with Gasteiger partial charge in [-0.2, -0.15) is 0 Å². The summed E-state index contributed by atoms with van der Waals surface area (Å²) in [7, 11) is 0. The van der Waals surface area contributed by atoms with Gasteiger partial charge in [0.15, 0.2) is 0 Å². The molecule has 0 fully saturated rings. The van der Waals surface area contributed by atoms with E-state index in [4.69, 9.17) is 5.11 Å². The lowest BCUT2D eigenvalue weighted by Gasteiger charge is -2.09. The first-order valence-corrected chi connectivity index (χ1v) is 5.34. The van der Waals surface area contributed by atoms with Crippen LogP contribution in [0.2, 0.25) is 0 Å². The molecular formula is C12H9NO6. The Morgan fingerprint density at radius 2 is 1.84 bits per heavy atom. The lowest BCUT2D eigenvalue weighted by Crippen LogP contribution is -2.38. The Labute approximate surface area is 107 Å². The summed E-state index contributed by atoms with van der Waals surface area (Å²) in [5, 5.41) is 10.9. The molecule has 1 amide bonds. The second-order valence-electron chi connectivity index (χ2n) is 3.97. The minimum Gasteiger partial charge on any atom is -0.480 e. The second kappa shape index (κ2) is 4.52. The molecule has 0 bridgehead atoms. The summed E-state index contributed by atoms with van der Waals surface area (Å²) in [5.74, 6) is -3.40. The van der Waals surface area contributed by atoms with E-state index < -0.39 is 29.9 Å². The molecule has 1 aliphatic rings. The minimum absolute atomic E-state index is 0.000582. The molecule has 7 heteroatoms. The lowest BCUT2D eigenvalue weighted by molar-refractivity contribution is -0.138. The Morgan fingerprint density at radius 3 is 2.47 bits per heavy atom. The highest BCUT2D eigenvalue weighted by molar-refractivity contribution is 6.15. The summed E-state index contributed by atoms with van der Waals surface area (Å²) in [4.78, 5) is 44.9. The summed E-state index contributed by atoms with van der Waals surface area (Å²) >= 11 is 0. The lowest BCUT2D eigenvalue weighted by atomic mass is 10.1. The van der Waals surface area contributed by atoms with Crippen LogP contribution in [0.1, 0.15) is 38.0 Å². The SMILES string of the molecule is CC(NC(=O)c1ccc2c(c1)C(=O)OC2=O)C(=O)O. The van der Waals surface area contributed by atoms with E-state index in [2.05, 4.69) is 10.1 Å². The van der Waals surface area contributed by atoms with Crippen molar-refractivity contribution in [3.63, 3.8) is 0 Å². The molecule has 19 heavy (non-hydrogen) atoms. The van der Waals surface area contributed by atoms with Gasteiger partial charge in [0.25, 0.3) is 5.91 Å². The maximum Gasteiger partial charge on any atom is 0.346 e. The van der Waals surface area contributed by atoms with E-state index in [1.54, 1.807) is 0 Å². The first kappa shape index (κ1) is 12.7. The van der Waals surface area contributed by atoms with Crippen molar-refractivity contribution < 1.29 is 29.0 Å². The number of amides is 1. The van der Waals surface area contributed by atoms with Gasteiger partial charge in [-0.3, -0.25) is 9.59 Å². The zero-order valence-electron chi connectivity index (χ0n) is 9.80. The predicted molar refractivity (Wildman–Crippen MR) is 60.8 cm³/mol. The van der Waals surface area contributed by atoms with E-state index >= 15 is 0 Å². The molecule has 7 nitrogen and oxygen atoms in total. The van der Waals surface area contributed by atoms with Crippen LogP contribution in [0.15, 0.2) is 18.2 Å². The number of carboxylic acid groups (broad SMARTS) is 1. The molecule has 1 heterocycles. The number of fused-ring (bicyclic) bond motifs is 1. The van der Waals surface area contributed by atoms with Crippen molar-refractivity contribution in [3.05, 3.63) is 34.9 Å². The highest BCUT2D eigenvalue weighted by Crippen LogP contribution is 2.21. The number of aliphatic carboxylic acids is 1. The van der Waals surface area contributed by atoms with E-state index in [-0.39, 0.29) is 16.7 Å². The standard InChI is InChI=1S/C12H9NO6/c1-5(10(15)16)13-9(14)6-2-3-7-8(4-6)12(18)19-11(7)17/h2-5H,1H3,(H,13,14)(H,15,16). The highest BCUT2D eigenvalue weighted by Gasteiger charge is 2.30. The third kappa shape index (κ3) is 2.30. The van der Waals surface area contributed by atoms with E-state index in [0.29, 0.717) is 0 Å². The number of carbonyl (C=O) groups is 4. The Kier molecular flexibility index (Phi) is 3.04. The van der Waals surface area contributed by atoms with Crippen LogP contribution in [0.3, 0.4) is 0 Å². The summed E-state index contributed by atoms with van der Waals surface area (Å²) in [5.41, 5.74) is 0.173. The van der Waals surface area contributed by atoms with Crippen LogP contribution in [-0.2, 0) is 9.53 Å². The molecule has 1 unspecified atom stereocenters. The normalized spacial score (nSPS) is 14.6. The monoisotopic (exact) mass is 263 g/mol. The van der Waals surface area contributed by atoms with Crippen molar-refractivity contribution in [2.75, 3.05) is 0 Å². The summed E-state index contributed by atoms with van der Waals surface area (Å²) in [6.07, 6.45) is 0. The Hall–Kier alpha value is -2.70. The molecule has 98 valence electrons. The van der Waals surface area contributed by atoms with Crippen molar-refractivity contribution in [2.24, 2.45) is 0 Å². The van der Waals surface area contributed by atoms with Gasteiger partial charge in [0, 0.05) is 5.56 Å². The number of benzene rings is 1. The molecule has 0 spiro atoms. The molecule has 0 saturated heterocycles. The first-order valence-electron chi connectivity index (χ1n) is 5.34. The smallest absolute Gasteiger partial charge is 0.346 e. The van der Waals surface area contributed by atoms with Crippen LogP contribution in [-0.4, -0.2) is 35.0 Å². The van der Waals surface area contributed by atoms with E-state index in [0.717, 1.165) is 0 Å². The molecule has 0 aromatic heterocycles. The highest BCUT2D eigenvalue weighted by atomic mass is 16.6. The molecule has 2 rings (SSSR count). The van der Waals surface area contributed by atoms with Gasteiger partial charge in [0.05, 0.1) is 11.1 Å². The van der Waals surface area contributed by atoms with Crippen molar-refractivity contribution in [1.29, 1.82) is 0 Å². The number of hydrogen-bond acceptors (Lipinski definition) is 5. The number of rotatable bonds is 3. The van der Waals surface area contributed by atoms with Crippen LogP contribution < -0.4 is 5.32 Å². The molecule has 1 aromatic carbocycles. The fourth-order valence-electron chi connectivity index (χ4n) is 1.57. The molecule has 2 N–H and O–H groups in total. The number of nitrogens with one attached hydrogen (secondary N) is 1. The van der Waals surface area contributed by atoms with Gasteiger partial charge < -0.3 is 15.2 Å². The van der Waals surface area contributed by atoms with Crippen LogP contribution in [0.5, 0.6) is 0 Å². The number of hydrogen-bond donors (Lipinski definition) is 2. The molecule has 1 aromatic rings. The topological polar surface area (TPSA) is 110 Å². The number of esters is 2. The Bertz CT molecular complexity index is 606. The van der Waals surface area contributed by atoms with Gasteiger partial charge >= 0.3 is 17.9 Å². The van der Waals surface area contributed by atoms with Gasteiger partial charge in [-0.25, -0.2) is 9.59 Å². The Balaban J connectivity index is 2.26. The maximum atomic E-state index is 11.7. The average Bonchev–Trinajstić information content (AvgIpc) is 2.64. The fraction of sp³-hybridized carbons (Fsp3) is 0.167. The summed E-state index contributed by atoms with van der Waals surface area (Å²) in [6, 6.07) is 2.76. The number of carboxylic acids is 1. The zero-order chi connectivity index (χ0) is 14.2. The van der Waals surface area contributed by atoms with Crippen LogP contribution in [0.25, 0.3) is 0 Å². The van der Waals surface area contributed by atoms with Crippen molar-refractivity contribution >= 4 is 23.8 Å². The average molecular weight is 263 g/mol. The van der Waals surface area contributed by atoms with Crippen LogP contribution >= 0.6 is 0 Å². The fourth-order valence-corrected chi connectivity index (χ4v) is 1.57. The summed E-state index contributed by atoms with van der Waals surface area (Å²) in [6.45, 7) is 1.31. The van der Waals surface area contributed by atoms with Gasteiger partial charge in [-0.05, 0) is 25.1 Å². The molecular weight excluding hydrogens is 254 g/mol. The van der Waals surface area contributed by atoms with Crippen molar-refractivity contribution in [1.82, 2.24) is 5.32 Å². The second-order valence-corrected chi connectivity index (χ2v) is 3.97. The predicted octanol–water partition coefficient (Wildman–Crippen LogP) is 0.200. The molecule has 0 aliphatic carbocycles. The van der Waals surface area contributed by atoms with Crippen LogP contribution in [0, 0.1) is 0 Å². The Morgan fingerprint density at radius 1 is 1.21 bits per heavy atom. The third-order valence-corrected chi connectivity index (χ3v) is 2.63. The maximum absolute atomic E-state index is 11.7. The molecule has 0 radical (unpaired) electrons.